The summed E-state index contributed by atoms with van der Waals surface area (Å²) in [7, 11) is 0. The Labute approximate surface area is 159 Å². The van der Waals surface area contributed by atoms with Gasteiger partial charge in [-0.15, -0.1) is 0 Å². The Hall–Kier alpha value is -3.02. The SMILES string of the molecule is CC(C)c1ccc(/C=N\O[C@H](C)C(=O)Nc2ccc3c(c2)OCCO3)cc1. The van der Waals surface area contributed by atoms with Crippen molar-refractivity contribution in [2.75, 3.05) is 18.5 Å². The van der Waals surface area contributed by atoms with E-state index in [0.717, 1.165) is 5.56 Å². The Kier molecular flexibility index (Phi) is 5.96. The molecule has 0 bridgehead atoms. The first-order chi connectivity index (χ1) is 13.0. The maximum absolute atomic E-state index is 12.3. The zero-order valence-electron chi connectivity index (χ0n) is 15.8. The van der Waals surface area contributed by atoms with Gasteiger partial charge in [0.05, 0.1) is 6.21 Å². The molecule has 2 aromatic rings. The minimum Gasteiger partial charge on any atom is -0.486 e. The maximum Gasteiger partial charge on any atom is 0.267 e. The van der Waals surface area contributed by atoms with Gasteiger partial charge in [0.25, 0.3) is 5.91 Å². The highest BCUT2D eigenvalue weighted by Gasteiger charge is 2.17. The Morgan fingerprint density at radius 1 is 1.07 bits per heavy atom. The van der Waals surface area contributed by atoms with Crippen molar-refractivity contribution in [2.45, 2.75) is 32.8 Å². The maximum atomic E-state index is 12.3. The molecule has 2 aromatic carbocycles. The predicted molar refractivity (Wildman–Crippen MR) is 105 cm³/mol. The normalized spacial score (nSPS) is 14.2. The zero-order valence-corrected chi connectivity index (χ0v) is 15.8. The molecule has 1 aliphatic heterocycles. The van der Waals surface area contributed by atoms with Crippen LogP contribution in [0.2, 0.25) is 0 Å². The van der Waals surface area contributed by atoms with E-state index in [1.807, 2.05) is 12.1 Å². The van der Waals surface area contributed by atoms with E-state index >= 15 is 0 Å². The number of nitrogens with one attached hydrogen (secondary N) is 1. The molecule has 3 rings (SSSR count). The molecule has 0 fully saturated rings. The summed E-state index contributed by atoms with van der Waals surface area (Å²) in [4.78, 5) is 17.5. The van der Waals surface area contributed by atoms with E-state index in [1.54, 1.807) is 31.3 Å². The monoisotopic (exact) mass is 368 g/mol. The van der Waals surface area contributed by atoms with E-state index in [2.05, 4.69) is 36.5 Å². The van der Waals surface area contributed by atoms with Gasteiger partial charge in [-0.25, -0.2) is 0 Å². The van der Waals surface area contributed by atoms with Crippen molar-refractivity contribution in [3.63, 3.8) is 0 Å². The summed E-state index contributed by atoms with van der Waals surface area (Å²) < 4.78 is 11.0. The van der Waals surface area contributed by atoms with Crippen LogP contribution in [0.1, 0.15) is 37.8 Å². The average Bonchev–Trinajstić information content (AvgIpc) is 2.68. The van der Waals surface area contributed by atoms with Gasteiger partial charge in [0.2, 0.25) is 6.10 Å². The number of carbonyl (C=O) groups is 1. The molecule has 0 unspecified atom stereocenters. The third-order valence-corrected chi connectivity index (χ3v) is 4.20. The van der Waals surface area contributed by atoms with E-state index in [4.69, 9.17) is 14.3 Å². The fourth-order valence-corrected chi connectivity index (χ4v) is 2.56. The van der Waals surface area contributed by atoms with Crippen LogP contribution >= 0.6 is 0 Å². The summed E-state index contributed by atoms with van der Waals surface area (Å²) >= 11 is 0. The number of hydrogen-bond donors (Lipinski definition) is 1. The van der Waals surface area contributed by atoms with Crippen LogP contribution in [0.4, 0.5) is 5.69 Å². The quantitative estimate of drug-likeness (QED) is 0.619. The van der Waals surface area contributed by atoms with Crippen molar-refractivity contribution in [2.24, 2.45) is 5.16 Å². The minimum absolute atomic E-state index is 0.293. The van der Waals surface area contributed by atoms with Gasteiger partial charge < -0.3 is 19.6 Å². The Morgan fingerprint density at radius 3 is 2.48 bits per heavy atom. The molecular weight excluding hydrogens is 344 g/mol. The highest BCUT2D eigenvalue weighted by atomic mass is 16.6. The molecule has 0 spiro atoms. The summed E-state index contributed by atoms with van der Waals surface area (Å²) in [6.07, 6.45) is 0.863. The van der Waals surface area contributed by atoms with Gasteiger partial charge in [0, 0.05) is 11.8 Å². The fraction of sp³-hybridized carbons (Fsp3) is 0.333. The average molecular weight is 368 g/mol. The van der Waals surface area contributed by atoms with E-state index in [-0.39, 0.29) is 5.91 Å². The van der Waals surface area contributed by atoms with Gasteiger partial charge in [0.15, 0.2) is 11.5 Å². The second kappa shape index (κ2) is 8.58. The number of oxime groups is 1. The van der Waals surface area contributed by atoms with Crippen molar-refractivity contribution in [1.29, 1.82) is 0 Å². The number of ether oxygens (including phenoxy) is 2. The summed E-state index contributed by atoms with van der Waals surface area (Å²) in [5, 5.41) is 6.71. The van der Waals surface area contributed by atoms with Crippen molar-refractivity contribution in [3.8, 4) is 11.5 Å². The summed E-state index contributed by atoms with van der Waals surface area (Å²) in [5.74, 6) is 1.49. The largest absolute Gasteiger partial charge is 0.486 e. The van der Waals surface area contributed by atoms with Gasteiger partial charge in [-0.05, 0) is 36.1 Å². The van der Waals surface area contributed by atoms with Crippen LogP contribution in [0, 0.1) is 0 Å². The third-order valence-electron chi connectivity index (χ3n) is 4.20. The van der Waals surface area contributed by atoms with Crippen molar-refractivity contribution < 1.29 is 19.1 Å². The van der Waals surface area contributed by atoms with Gasteiger partial charge in [-0.2, -0.15) is 0 Å². The fourth-order valence-electron chi connectivity index (χ4n) is 2.56. The predicted octanol–water partition coefficient (Wildman–Crippen LogP) is 3.96. The molecule has 0 saturated carbocycles. The van der Waals surface area contributed by atoms with Crippen LogP contribution < -0.4 is 14.8 Å². The number of fused-ring (bicyclic) bond motifs is 1. The molecule has 1 atom stereocenters. The number of hydrogen-bond acceptors (Lipinski definition) is 5. The van der Waals surface area contributed by atoms with E-state index in [1.165, 1.54) is 5.56 Å². The smallest absolute Gasteiger partial charge is 0.267 e. The van der Waals surface area contributed by atoms with Gasteiger partial charge >= 0.3 is 0 Å². The van der Waals surface area contributed by atoms with Crippen LogP contribution in [0.15, 0.2) is 47.6 Å². The molecule has 1 aliphatic rings. The van der Waals surface area contributed by atoms with Crippen molar-refractivity contribution >= 4 is 17.8 Å². The number of benzene rings is 2. The van der Waals surface area contributed by atoms with E-state index < -0.39 is 6.10 Å². The highest BCUT2D eigenvalue weighted by molar-refractivity contribution is 5.94. The van der Waals surface area contributed by atoms with Crippen LogP contribution in [0.3, 0.4) is 0 Å². The van der Waals surface area contributed by atoms with Crippen molar-refractivity contribution in [3.05, 3.63) is 53.6 Å². The molecule has 0 aromatic heterocycles. The van der Waals surface area contributed by atoms with Crippen molar-refractivity contribution in [1.82, 2.24) is 0 Å². The number of rotatable bonds is 6. The molecule has 0 aliphatic carbocycles. The highest BCUT2D eigenvalue weighted by Crippen LogP contribution is 2.32. The lowest BCUT2D eigenvalue weighted by Crippen LogP contribution is -2.26. The first kappa shape index (κ1) is 18.8. The molecule has 0 saturated heterocycles. The number of anilines is 1. The minimum atomic E-state index is -0.732. The molecule has 142 valence electrons. The topological polar surface area (TPSA) is 69.2 Å². The summed E-state index contributed by atoms with van der Waals surface area (Å²) in [5.41, 5.74) is 2.80. The summed E-state index contributed by atoms with van der Waals surface area (Å²) in [6, 6.07) is 13.3. The van der Waals surface area contributed by atoms with Crippen LogP contribution in [0.25, 0.3) is 0 Å². The first-order valence-electron chi connectivity index (χ1n) is 9.02. The Morgan fingerprint density at radius 2 is 1.78 bits per heavy atom. The second-order valence-electron chi connectivity index (χ2n) is 6.65. The lowest BCUT2D eigenvalue weighted by atomic mass is 10.0. The molecule has 27 heavy (non-hydrogen) atoms. The second-order valence-corrected chi connectivity index (χ2v) is 6.65. The molecule has 1 heterocycles. The lowest BCUT2D eigenvalue weighted by molar-refractivity contribution is -0.126. The third kappa shape index (κ3) is 5.00. The zero-order chi connectivity index (χ0) is 19.2. The van der Waals surface area contributed by atoms with Gasteiger partial charge in [0.1, 0.15) is 13.2 Å². The molecule has 1 N–H and O–H groups in total. The number of amides is 1. The molecule has 6 nitrogen and oxygen atoms in total. The van der Waals surface area contributed by atoms with Crippen LogP contribution in [0.5, 0.6) is 11.5 Å². The molecule has 1 amide bonds. The standard InChI is InChI=1S/C21H24N2O4/c1-14(2)17-6-4-16(5-7-17)13-22-27-15(3)21(24)23-18-8-9-19-20(12-18)26-11-10-25-19/h4-9,12-15H,10-11H2,1-3H3,(H,23,24)/b22-13-/t15-/m1/s1. The molecular formula is C21H24N2O4. The molecule has 0 radical (unpaired) electrons. The van der Waals surface area contributed by atoms with Gasteiger partial charge in [-0.3, -0.25) is 4.79 Å². The van der Waals surface area contributed by atoms with E-state index in [9.17, 15) is 4.79 Å². The number of carbonyl (C=O) groups excluding carboxylic acids is 1. The van der Waals surface area contributed by atoms with Crippen LogP contribution in [-0.2, 0) is 9.63 Å². The Balaban J connectivity index is 1.53. The van der Waals surface area contributed by atoms with E-state index in [0.29, 0.717) is 36.3 Å². The number of nitrogens with zero attached hydrogens (tertiary/aromatic N) is 1. The van der Waals surface area contributed by atoms with Crippen LogP contribution in [-0.4, -0.2) is 31.4 Å². The first-order valence-corrected chi connectivity index (χ1v) is 9.02. The molecule has 6 heteroatoms. The lowest BCUT2D eigenvalue weighted by Gasteiger charge is -2.19. The summed E-state index contributed by atoms with van der Waals surface area (Å²) in [6.45, 7) is 6.97. The Bertz CT molecular complexity index is 815. The van der Waals surface area contributed by atoms with Gasteiger partial charge in [-0.1, -0.05) is 43.3 Å².